The summed E-state index contributed by atoms with van der Waals surface area (Å²) in [5.74, 6) is 0.272. The second kappa shape index (κ2) is 8.10. The normalized spacial score (nSPS) is 14.6. The van der Waals surface area contributed by atoms with Gasteiger partial charge in [0.25, 0.3) is 5.91 Å². The summed E-state index contributed by atoms with van der Waals surface area (Å²) in [6, 6.07) is 10.2. The molecule has 0 radical (unpaired) electrons. The summed E-state index contributed by atoms with van der Waals surface area (Å²) in [6.07, 6.45) is 7.20. The molecule has 0 spiro atoms. The molecule has 0 unspecified atom stereocenters. The molecule has 0 bridgehead atoms. The third-order valence-electron chi connectivity index (χ3n) is 4.61. The maximum atomic E-state index is 12.1. The fraction of sp³-hybridized carbons (Fsp3) is 0.450. The number of carbonyl (C=O) groups excluding carboxylic acids is 1. The highest BCUT2D eigenvalue weighted by atomic mass is 16.2. The molecule has 1 aromatic heterocycles. The fourth-order valence-corrected chi connectivity index (χ4v) is 2.80. The Morgan fingerprint density at radius 3 is 2.72 bits per heavy atom. The third kappa shape index (κ3) is 4.78. The van der Waals surface area contributed by atoms with Crippen LogP contribution in [0.5, 0.6) is 0 Å². The second-order valence-corrected chi connectivity index (χ2v) is 6.77. The molecule has 3 rings (SSSR count). The molecule has 5 nitrogen and oxygen atoms in total. The van der Waals surface area contributed by atoms with Crippen LogP contribution in [-0.4, -0.2) is 21.8 Å². The molecule has 2 aromatic rings. The number of hydrogen-bond acceptors (Lipinski definition) is 3. The van der Waals surface area contributed by atoms with Gasteiger partial charge in [-0.1, -0.05) is 44.0 Å². The maximum Gasteiger partial charge on any atom is 0.291 e. The SMILES string of the molecule is CCCCCc1ccc(C(C)=NNC(=O)c2cc(C3CC3)[nH]n2)cc1. The third-order valence-corrected chi connectivity index (χ3v) is 4.61. The van der Waals surface area contributed by atoms with Crippen LogP contribution in [0, 0.1) is 0 Å². The molecule has 0 aliphatic heterocycles. The molecule has 0 atom stereocenters. The topological polar surface area (TPSA) is 70.1 Å². The van der Waals surface area contributed by atoms with Crippen molar-refractivity contribution < 1.29 is 4.79 Å². The molecule has 1 aromatic carbocycles. The number of rotatable bonds is 8. The van der Waals surface area contributed by atoms with Gasteiger partial charge < -0.3 is 0 Å². The first-order valence-corrected chi connectivity index (χ1v) is 9.16. The van der Waals surface area contributed by atoms with E-state index in [1.54, 1.807) is 0 Å². The van der Waals surface area contributed by atoms with Gasteiger partial charge in [-0.15, -0.1) is 0 Å². The maximum absolute atomic E-state index is 12.1. The van der Waals surface area contributed by atoms with Gasteiger partial charge in [0.15, 0.2) is 5.69 Å². The van der Waals surface area contributed by atoms with Gasteiger partial charge in [0.1, 0.15) is 0 Å². The van der Waals surface area contributed by atoms with Crippen molar-refractivity contribution in [3.63, 3.8) is 0 Å². The van der Waals surface area contributed by atoms with Crippen molar-refractivity contribution in [3.05, 3.63) is 52.8 Å². The number of hydrogen-bond donors (Lipinski definition) is 2. The lowest BCUT2D eigenvalue weighted by Gasteiger charge is -2.04. The quantitative estimate of drug-likeness (QED) is 0.431. The van der Waals surface area contributed by atoms with Crippen molar-refractivity contribution in [2.75, 3.05) is 0 Å². The Bertz CT molecular complexity index is 741. The lowest BCUT2D eigenvalue weighted by molar-refractivity contribution is 0.0950. The van der Waals surface area contributed by atoms with Crippen LogP contribution >= 0.6 is 0 Å². The molecule has 25 heavy (non-hydrogen) atoms. The first kappa shape index (κ1) is 17.4. The standard InChI is InChI=1S/C20H26N4O/c1-3-4-5-6-15-7-9-16(10-8-15)14(2)21-24-20(25)19-13-18(22-23-19)17-11-12-17/h7-10,13,17H,3-6,11-12H2,1-2H3,(H,22,23)(H,24,25). The molecule has 2 N–H and O–H groups in total. The van der Waals surface area contributed by atoms with Crippen LogP contribution in [-0.2, 0) is 6.42 Å². The number of H-pyrrole nitrogens is 1. The highest BCUT2D eigenvalue weighted by Crippen LogP contribution is 2.38. The molecular weight excluding hydrogens is 312 g/mol. The van der Waals surface area contributed by atoms with Crippen LogP contribution in [0.1, 0.15) is 79.2 Å². The number of hydrazone groups is 1. The summed E-state index contributed by atoms with van der Waals surface area (Å²) in [4.78, 5) is 12.1. The van der Waals surface area contributed by atoms with Crippen LogP contribution in [0.2, 0.25) is 0 Å². The number of unbranched alkanes of at least 4 members (excludes halogenated alkanes) is 2. The predicted octanol–water partition coefficient (Wildman–Crippen LogP) is 4.17. The van der Waals surface area contributed by atoms with E-state index < -0.39 is 0 Å². The Morgan fingerprint density at radius 2 is 2.04 bits per heavy atom. The smallest absolute Gasteiger partial charge is 0.281 e. The van der Waals surface area contributed by atoms with E-state index in [9.17, 15) is 4.79 Å². The van der Waals surface area contributed by atoms with Gasteiger partial charge in [0, 0.05) is 11.6 Å². The number of benzene rings is 1. The fourth-order valence-electron chi connectivity index (χ4n) is 2.80. The Kier molecular flexibility index (Phi) is 5.64. The van der Waals surface area contributed by atoms with Crippen LogP contribution in [0.4, 0.5) is 0 Å². The number of aromatic nitrogens is 2. The van der Waals surface area contributed by atoms with Crippen molar-refractivity contribution in [3.8, 4) is 0 Å². The summed E-state index contributed by atoms with van der Waals surface area (Å²) >= 11 is 0. The van der Waals surface area contributed by atoms with E-state index in [2.05, 4.69) is 51.9 Å². The molecule has 1 fully saturated rings. The molecular formula is C20H26N4O. The van der Waals surface area contributed by atoms with E-state index in [1.807, 2.05) is 13.0 Å². The van der Waals surface area contributed by atoms with Gasteiger partial charge in [-0.25, -0.2) is 5.43 Å². The molecule has 5 heteroatoms. The summed E-state index contributed by atoms with van der Waals surface area (Å²) in [6.45, 7) is 4.11. The van der Waals surface area contributed by atoms with Gasteiger partial charge in [-0.3, -0.25) is 9.89 Å². The lowest BCUT2D eigenvalue weighted by atomic mass is 10.0. The predicted molar refractivity (Wildman–Crippen MR) is 99.9 cm³/mol. The molecule has 1 heterocycles. The molecule has 1 saturated carbocycles. The summed E-state index contributed by atoms with van der Waals surface area (Å²) in [5, 5.41) is 11.2. The molecule has 0 saturated heterocycles. The van der Waals surface area contributed by atoms with E-state index in [-0.39, 0.29) is 5.91 Å². The van der Waals surface area contributed by atoms with Gasteiger partial charge in [0.05, 0.1) is 5.71 Å². The molecule has 1 aliphatic carbocycles. The molecule has 132 valence electrons. The summed E-state index contributed by atoms with van der Waals surface area (Å²) in [7, 11) is 0. The summed E-state index contributed by atoms with van der Waals surface area (Å²) < 4.78 is 0. The van der Waals surface area contributed by atoms with Crippen molar-refractivity contribution in [2.45, 2.75) is 58.3 Å². The van der Waals surface area contributed by atoms with Crippen LogP contribution in [0.25, 0.3) is 0 Å². The van der Waals surface area contributed by atoms with Crippen molar-refractivity contribution >= 4 is 11.6 Å². The first-order valence-electron chi connectivity index (χ1n) is 9.16. The number of nitrogens with one attached hydrogen (secondary N) is 2. The second-order valence-electron chi connectivity index (χ2n) is 6.77. The molecule has 1 aliphatic rings. The van der Waals surface area contributed by atoms with E-state index in [0.717, 1.165) is 23.4 Å². The van der Waals surface area contributed by atoms with Gasteiger partial charge in [-0.05, 0) is 49.8 Å². The van der Waals surface area contributed by atoms with E-state index in [4.69, 9.17) is 0 Å². The van der Waals surface area contributed by atoms with Crippen molar-refractivity contribution in [2.24, 2.45) is 5.10 Å². The average molecular weight is 338 g/mol. The van der Waals surface area contributed by atoms with Crippen molar-refractivity contribution in [1.29, 1.82) is 0 Å². The number of amides is 1. The van der Waals surface area contributed by atoms with Crippen LogP contribution in [0.3, 0.4) is 0 Å². The monoisotopic (exact) mass is 338 g/mol. The Balaban J connectivity index is 1.55. The van der Waals surface area contributed by atoms with Crippen LogP contribution in [0.15, 0.2) is 35.4 Å². The van der Waals surface area contributed by atoms with E-state index in [1.165, 1.54) is 37.7 Å². The van der Waals surface area contributed by atoms with E-state index in [0.29, 0.717) is 11.6 Å². The Labute approximate surface area is 148 Å². The minimum Gasteiger partial charge on any atom is -0.281 e. The van der Waals surface area contributed by atoms with E-state index >= 15 is 0 Å². The zero-order valence-corrected chi connectivity index (χ0v) is 15.0. The highest BCUT2D eigenvalue weighted by Gasteiger charge is 2.26. The Hall–Kier alpha value is -2.43. The van der Waals surface area contributed by atoms with Crippen LogP contribution < -0.4 is 5.43 Å². The highest BCUT2D eigenvalue weighted by molar-refractivity contribution is 6.00. The number of aromatic amines is 1. The number of aryl methyl sites for hydroxylation is 1. The van der Waals surface area contributed by atoms with Crippen molar-refractivity contribution in [1.82, 2.24) is 15.6 Å². The van der Waals surface area contributed by atoms with Gasteiger partial charge in [-0.2, -0.15) is 10.2 Å². The first-order chi connectivity index (χ1) is 12.2. The molecule has 1 amide bonds. The average Bonchev–Trinajstić information content (AvgIpc) is 3.37. The minimum absolute atomic E-state index is 0.279. The number of nitrogens with zero attached hydrogens (tertiary/aromatic N) is 2. The van der Waals surface area contributed by atoms with Gasteiger partial charge in [0.2, 0.25) is 0 Å². The number of carbonyl (C=O) groups is 1. The minimum atomic E-state index is -0.279. The largest absolute Gasteiger partial charge is 0.291 e. The van der Waals surface area contributed by atoms with Gasteiger partial charge >= 0.3 is 0 Å². The Morgan fingerprint density at radius 1 is 1.28 bits per heavy atom. The summed E-state index contributed by atoms with van der Waals surface area (Å²) in [5.41, 5.74) is 7.18. The lowest BCUT2D eigenvalue weighted by Crippen LogP contribution is -2.19. The zero-order valence-electron chi connectivity index (χ0n) is 15.0. The zero-order chi connectivity index (χ0) is 17.6.